The van der Waals surface area contributed by atoms with Crippen LogP contribution < -0.4 is 0 Å². The quantitative estimate of drug-likeness (QED) is 0.845. The zero-order chi connectivity index (χ0) is 15.9. The Balaban J connectivity index is 1.60. The monoisotopic (exact) mass is 316 g/mol. The Labute approximate surface area is 141 Å². The predicted octanol–water partition coefficient (Wildman–Crippen LogP) is 3.28. The Bertz CT molecular complexity index is 442. The van der Waals surface area contributed by atoms with Crippen LogP contribution in [0.5, 0.6) is 0 Å². The molecule has 2 aliphatic rings. The highest BCUT2D eigenvalue weighted by Crippen LogP contribution is 2.25. The molecule has 2 fully saturated rings. The molecule has 0 aromatic heterocycles. The second kappa shape index (κ2) is 8.81. The zero-order valence-corrected chi connectivity index (χ0v) is 14.4. The predicted molar refractivity (Wildman–Crippen MR) is 95.4 cm³/mol. The average Bonchev–Trinajstić information content (AvgIpc) is 2.87. The molecule has 1 aliphatic carbocycles. The third kappa shape index (κ3) is 4.79. The molecular weight excluding hydrogens is 284 g/mol. The van der Waals surface area contributed by atoms with Crippen molar-refractivity contribution >= 4 is 0 Å². The molecule has 1 heterocycles. The van der Waals surface area contributed by atoms with Gasteiger partial charge in [-0.25, -0.2) is 0 Å². The Hall–Kier alpha value is -0.900. The highest BCUT2D eigenvalue weighted by Gasteiger charge is 2.30. The van der Waals surface area contributed by atoms with Gasteiger partial charge in [-0.1, -0.05) is 56.0 Å². The summed E-state index contributed by atoms with van der Waals surface area (Å²) >= 11 is 0. The Morgan fingerprint density at radius 2 is 1.70 bits per heavy atom. The Kier molecular flexibility index (Phi) is 6.49. The van der Waals surface area contributed by atoms with Gasteiger partial charge in [0.25, 0.3) is 0 Å². The molecule has 3 rings (SSSR count). The van der Waals surface area contributed by atoms with Crippen molar-refractivity contribution in [3.8, 4) is 0 Å². The van der Waals surface area contributed by atoms with Crippen molar-refractivity contribution in [3.05, 3.63) is 35.9 Å². The van der Waals surface area contributed by atoms with Crippen molar-refractivity contribution in [1.29, 1.82) is 0 Å². The van der Waals surface area contributed by atoms with Crippen LogP contribution in [0.1, 0.15) is 50.5 Å². The molecule has 23 heavy (non-hydrogen) atoms. The Morgan fingerprint density at radius 3 is 2.39 bits per heavy atom. The standard InChI is InChI=1S/C20H32N2O/c23-15-12-20-17-22(19-10-6-1-2-7-11-19)14-13-21(20)16-18-8-4-3-5-9-18/h3-5,8-9,19-20,23H,1-2,6-7,10-17H2/t20-/m1/s1. The molecule has 0 unspecified atom stereocenters. The molecule has 1 aromatic carbocycles. The van der Waals surface area contributed by atoms with Crippen LogP contribution in [-0.2, 0) is 6.54 Å². The van der Waals surface area contributed by atoms with Crippen LogP contribution in [-0.4, -0.2) is 53.2 Å². The van der Waals surface area contributed by atoms with E-state index in [0.717, 1.165) is 32.1 Å². The van der Waals surface area contributed by atoms with Gasteiger partial charge in [0.2, 0.25) is 0 Å². The number of nitrogens with zero attached hydrogens (tertiary/aromatic N) is 2. The van der Waals surface area contributed by atoms with Gasteiger partial charge in [0.05, 0.1) is 0 Å². The summed E-state index contributed by atoms with van der Waals surface area (Å²) < 4.78 is 0. The summed E-state index contributed by atoms with van der Waals surface area (Å²) in [5.74, 6) is 0. The number of aliphatic hydroxyl groups excluding tert-OH is 1. The molecule has 1 saturated carbocycles. The topological polar surface area (TPSA) is 26.7 Å². The normalized spacial score (nSPS) is 25.3. The van der Waals surface area contributed by atoms with Crippen LogP contribution in [0.15, 0.2) is 30.3 Å². The molecule has 3 heteroatoms. The van der Waals surface area contributed by atoms with E-state index < -0.39 is 0 Å². The van der Waals surface area contributed by atoms with Gasteiger partial charge in [-0.2, -0.15) is 0 Å². The zero-order valence-electron chi connectivity index (χ0n) is 14.4. The van der Waals surface area contributed by atoms with Crippen LogP contribution in [0.2, 0.25) is 0 Å². The van der Waals surface area contributed by atoms with Crippen LogP contribution in [0, 0.1) is 0 Å². The van der Waals surface area contributed by atoms with Crippen LogP contribution in [0.3, 0.4) is 0 Å². The Morgan fingerprint density at radius 1 is 0.957 bits per heavy atom. The van der Waals surface area contributed by atoms with Gasteiger partial charge in [-0.15, -0.1) is 0 Å². The first kappa shape index (κ1) is 16.9. The lowest BCUT2D eigenvalue weighted by atomic mass is 10.0. The largest absolute Gasteiger partial charge is 0.396 e. The lowest BCUT2D eigenvalue weighted by Gasteiger charge is -2.44. The van der Waals surface area contributed by atoms with E-state index in [1.54, 1.807) is 0 Å². The molecule has 1 atom stereocenters. The molecule has 1 saturated heterocycles. The first-order valence-corrected chi connectivity index (χ1v) is 9.49. The van der Waals surface area contributed by atoms with E-state index in [1.807, 2.05) is 0 Å². The summed E-state index contributed by atoms with van der Waals surface area (Å²) in [6.45, 7) is 4.78. The first-order valence-electron chi connectivity index (χ1n) is 9.49. The van der Waals surface area contributed by atoms with E-state index in [4.69, 9.17) is 0 Å². The van der Waals surface area contributed by atoms with E-state index >= 15 is 0 Å². The molecule has 1 N–H and O–H groups in total. The van der Waals surface area contributed by atoms with Gasteiger partial charge in [-0.05, 0) is 24.8 Å². The summed E-state index contributed by atoms with van der Waals surface area (Å²) in [7, 11) is 0. The van der Waals surface area contributed by atoms with Crippen LogP contribution in [0.4, 0.5) is 0 Å². The minimum absolute atomic E-state index is 0.300. The fraction of sp³-hybridized carbons (Fsp3) is 0.700. The summed E-state index contributed by atoms with van der Waals surface area (Å²) in [4.78, 5) is 5.31. The molecule has 1 aromatic rings. The lowest BCUT2D eigenvalue weighted by molar-refractivity contribution is 0.0276. The summed E-state index contributed by atoms with van der Waals surface area (Å²) in [5, 5.41) is 9.50. The fourth-order valence-electron chi connectivity index (χ4n) is 4.32. The van der Waals surface area contributed by atoms with E-state index in [9.17, 15) is 5.11 Å². The summed E-state index contributed by atoms with van der Waals surface area (Å²) in [5.41, 5.74) is 1.39. The highest BCUT2D eigenvalue weighted by atomic mass is 16.3. The summed E-state index contributed by atoms with van der Waals surface area (Å²) in [6.07, 6.45) is 9.30. The smallest absolute Gasteiger partial charge is 0.0446 e. The third-order valence-electron chi connectivity index (χ3n) is 5.67. The van der Waals surface area contributed by atoms with Crippen LogP contribution in [0.25, 0.3) is 0 Å². The van der Waals surface area contributed by atoms with Gasteiger partial charge < -0.3 is 5.11 Å². The van der Waals surface area contributed by atoms with Gasteiger partial charge >= 0.3 is 0 Å². The van der Waals surface area contributed by atoms with Crippen molar-refractivity contribution in [3.63, 3.8) is 0 Å². The number of piperazine rings is 1. The number of hydrogen-bond donors (Lipinski definition) is 1. The number of hydrogen-bond acceptors (Lipinski definition) is 3. The second-order valence-electron chi connectivity index (χ2n) is 7.26. The van der Waals surface area contributed by atoms with Crippen molar-refractivity contribution in [2.75, 3.05) is 26.2 Å². The molecular formula is C20H32N2O. The van der Waals surface area contributed by atoms with Gasteiger partial charge in [0, 0.05) is 44.9 Å². The lowest BCUT2D eigenvalue weighted by Crippen LogP contribution is -2.55. The maximum Gasteiger partial charge on any atom is 0.0446 e. The van der Waals surface area contributed by atoms with Crippen molar-refractivity contribution < 1.29 is 5.11 Å². The molecule has 0 amide bonds. The van der Waals surface area contributed by atoms with Crippen molar-refractivity contribution in [2.24, 2.45) is 0 Å². The highest BCUT2D eigenvalue weighted by molar-refractivity contribution is 5.14. The molecule has 0 radical (unpaired) electrons. The second-order valence-corrected chi connectivity index (χ2v) is 7.26. The van der Waals surface area contributed by atoms with E-state index in [1.165, 1.54) is 50.6 Å². The van der Waals surface area contributed by atoms with E-state index in [0.29, 0.717) is 12.6 Å². The fourth-order valence-corrected chi connectivity index (χ4v) is 4.32. The number of aliphatic hydroxyl groups is 1. The first-order chi connectivity index (χ1) is 11.4. The SMILES string of the molecule is OCC[C@@H]1CN(C2CCCCCC2)CCN1Cc1ccccc1. The minimum Gasteiger partial charge on any atom is -0.396 e. The average molecular weight is 316 g/mol. The van der Waals surface area contributed by atoms with Crippen LogP contribution >= 0.6 is 0 Å². The molecule has 0 spiro atoms. The maximum absolute atomic E-state index is 9.50. The minimum atomic E-state index is 0.300. The van der Waals surface area contributed by atoms with Crippen molar-refractivity contribution in [2.45, 2.75) is 63.6 Å². The van der Waals surface area contributed by atoms with Gasteiger partial charge in [-0.3, -0.25) is 9.80 Å². The van der Waals surface area contributed by atoms with Crippen molar-refractivity contribution in [1.82, 2.24) is 9.80 Å². The van der Waals surface area contributed by atoms with E-state index in [-0.39, 0.29) is 0 Å². The number of rotatable bonds is 5. The molecule has 1 aliphatic heterocycles. The van der Waals surface area contributed by atoms with Gasteiger partial charge in [0.15, 0.2) is 0 Å². The molecule has 128 valence electrons. The van der Waals surface area contributed by atoms with Gasteiger partial charge in [0.1, 0.15) is 0 Å². The maximum atomic E-state index is 9.50. The molecule has 0 bridgehead atoms. The summed E-state index contributed by atoms with van der Waals surface area (Å²) in [6, 6.07) is 12.0. The van der Waals surface area contributed by atoms with E-state index in [2.05, 4.69) is 40.1 Å². The third-order valence-corrected chi connectivity index (χ3v) is 5.67. The number of benzene rings is 1. The molecule has 3 nitrogen and oxygen atoms in total.